The van der Waals surface area contributed by atoms with Crippen LogP contribution >= 0.6 is 0 Å². The summed E-state index contributed by atoms with van der Waals surface area (Å²) in [5, 5.41) is 25.1. The van der Waals surface area contributed by atoms with Gasteiger partial charge in [-0.3, -0.25) is 14.8 Å². The molecule has 0 atom stereocenters. The van der Waals surface area contributed by atoms with Gasteiger partial charge in [0.1, 0.15) is 29.1 Å². The van der Waals surface area contributed by atoms with Crippen molar-refractivity contribution in [3.05, 3.63) is 103 Å². The van der Waals surface area contributed by atoms with Crippen molar-refractivity contribution in [1.82, 2.24) is 44.6 Å². The van der Waals surface area contributed by atoms with Crippen molar-refractivity contribution >= 4 is 50.1 Å². The lowest BCUT2D eigenvalue weighted by Crippen LogP contribution is -2.46. The minimum Gasteiger partial charge on any atom is -0.397 e. The first-order valence-corrected chi connectivity index (χ1v) is 18.7. The van der Waals surface area contributed by atoms with Crippen LogP contribution in [-0.4, -0.2) is 123 Å². The Balaban J connectivity index is 0.000000204. The molecule has 4 heterocycles. The predicted octanol–water partition coefficient (Wildman–Crippen LogP) is 6.14. The van der Waals surface area contributed by atoms with Gasteiger partial charge in [0, 0.05) is 26.9 Å². The highest BCUT2D eigenvalue weighted by Crippen LogP contribution is 2.20. The van der Waals surface area contributed by atoms with Crippen molar-refractivity contribution in [2.75, 3.05) is 55.4 Å². The van der Waals surface area contributed by atoms with Gasteiger partial charge in [0.15, 0.2) is 12.2 Å². The zero-order valence-electron chi connectivity index (χ0n) is 35.2. The van der Waals surface area contributed by atoms with Gasteiger partial charge in [0.2, 0.25) is 0 Å². The minimum absolute atomic E-state index is 0.0463. The lowest BCUT2D eigenvalue weighted by molar-refractivity contribution is -0.178. The van der Waals surface area contributed by atoms with Crippen molar-refractivity contribution in [2.45, 2.75) is 46.1 Å². The van der Waals surface area contributed by atoms with E-state index in [0.717, 1.165) is 50.3 Å². The van der Waals surface area contributed by atoms with Gasteiger partial charge in [-0.15, -0.1) is 0 Å². The topological polar surface area (TPSA) is 211 Å². The van der Waals surface area contributed by atoms with Gasteiger partial charge in [-0.05, 0) is 98.4 Å². The van der Waals surface area contributed by atoms with E-state index in [-0.39, 0.29) is 18.6 Å². The van der Waals surface area contributed by atoms with Crippen LogP contribution in [0.5, 0.6) is 0 Å². The van der Waals surface area contributed by atoms with E-state index in [9.17, 15) is 0 Å². The number of imidazole rings is 3. The molecule has 0 bridgehead atoms. The van der Waals surface area contributed by atoms with Crippen LogP contribution in [-0.2, 0) is 11.2 Å². The van der Waals surface area contributed by atoms with Crippen LogP contribution in [0.3, 0.4) is 0 Å². The Hall–Kier alpha value is -6.36. The van der Waals surface area contributed by atoms with Gasteiger partial charge in [-0.2, -0.15) is 10.5 Å². The SMILES string of the molecule is CCO.CN(C)/C=C(\C#N)c1nc2ccccc2[nH]1.CN(C)C(OC(C)(C)C)N(C)C.N#CCc1nc2ccccc2[nH]1.NC1=NCC=C1c1nc2ccccc2[nH]1. The number of fused-ring (bicyclic) bond motifs is 3. The van der Waals surface area contributed by atoms with Crippen LogP contribution in [0.4, 0.5) is 0 Å². The largest absolute Gasteiger partial charge is 0.397 e. The normalized spacial score (nSPS) is 12.3. The summed E-state index contributed by atoms with van der Waals surface area (Å²) in [7, 11) is 11.8. The summed E-state index contributed by atoms with van der Waals surface area (Å²) in [4.78, 5) is 32.5. The molecule has 0 amide bonds. The molecule has 1 aliphatic heterocycles. The Morgan fingerprint density at radius 1 is 0.828 bits per heavy atom. The number of ether oxygens (including phenoxy) is 1. The third kappa shape index (κ3) is 14.3. The van der Waals surface area contributed by atoms with Gasteiger partial charge in [0.05, 0.1) is 63.3 Å². The van der Waals surface area contributed by atoms with E-state index < -0.39 is 0 Å². The zero-order chi connectivity index (χ0) is 42.8. The number of nitrogens with two attached hydrogens (primary N) is 1. The standard InChI is InChI=1S/C12H12N4.C11H10N4.C9H7N3.C9H22N2O.C2H6O/c1-16(2)8-9(7-13)12-14-10-5-3-4-6-11(10)15-12;12-10-7(5-6-13-10)11-14-8-3-1-2-4-9(8)15-11;10-6-5-9-11-7-3-1-2-4-8(7)12-9;1-9(2,3)12-8(10(4)5)11(6)7;1-2-3/h3-6,8H,1-2H3,(H,14,15);1-5H,6H2,(H2,12,13)(H,14,15);1-4H,5H2,(H,11,12);8H,1-7H3;3H,2H2,1H3/b9-8+;;;;. The predicted molar refractivity (Wildman–Crippen MR) is 234 cm³/mol. The Labute approximate surface area is 341 Å². The monoisotopic (exact) mass is 787 g/mol. The average Bonchev–Trinajstić information content (AvgIpc) is 3.98. The highest BCUT2D eigenvalue weighted by molar-refractivity contribution is 6.22. The van der Waals surface area contributed by atoms with Gasteiger partial charge >= 0.3 is 0 Å². The fourth-order valence-corrected chi connectivity index (χ4v) is 5.36. The van der Waals surface area contributed by atoms with E-state index in [2.05, 4.69) is 67.8 Å². The van der Waals surface area contributed by atoms with Gasteiger partial charge < -0.3 is 35.4 Å². The second-order valence-electron chi connectivity index (χ2n) is 14.5. The molecule has 0 saturated heterocycles. The maximum absolute atomic E-state index is 9.05. The fraction of sp³-hybridized carbons (Fsp3) is 0.349. The maximum Gasteiger partial charge on any atom is 0.168 e. The number of nitriles is 2. The number of aliphatic imine (C=N–C) groups is 1. The number of amidine groups is 1. The van der Waals surface area contributed by atoms with Crippen molar-refractivity contribution < 1.29 is 9.84 Å². The molecule has 58 heavy (non-hydrogen) atoms. The van der Waals surface area contributed by atoms with Crippen LogP contribution in [0.25, 0.3) is 44.2 Å². The molecule has 1 aliphatic rings. The summed E-state index contributed by atoms with van der Waals surface area (Å²) < 4.78 is 5.81. The maximum atomic E-state index is 9.05. The molecule has 6 N–H and O–H groups in total. The number of aromatic amines is 3. The van der Waals surface area contributed by atoms with E-state index in [0.29, 0.717) is 30.2 Å². The Kier molecular flexibility index (Phi) is 17.8. The fourth-order valence-electron chi connectivity index (χ4n) is 5.36. The summed E-state index contributed by atoms with van der Waals surface area (Å²) in [6, 6.07) is 27.6. The van der Waals surface area contributed by atoms with Crippen LogP contribution < -0.4 is 5.73 Å². The van der Waals surface area contributed by atoms with Crippen molar-refractivity contribution in [2.24, 2.45) is 10.7 Å². The lowest BCUT2D eigenvalue weighted by Gasteiger charge is -2.35. The van der Waals surface area contributed by atoms with Crippen LogP contribution in [0, 0.1) is 22.7 Å². The summed E-state index contributed by atoms with van der Waals surface area (Å²) in [5.74, 6) is 2.71. The Morgan fingerprint density at radius 3 is 1.72 bits per heavy atom. The molecule has 0 unspecified atom stereocenters. The van der Waals surface area contributed by atoms with E-state index in [1.807, 2.05) is 136 Å². The first-order chi connectivity index (χ1) is 27.6. The molecule has 6 aromatic rings. The van der Waals surface area contributed by atoms with E-state index in [1.165, 1.54) is 0 Å². The number of benzene rings is 3. The lowest BCUT2D eigenvalue weighted by atomic mass is 10.2. The number of nitrogens with one attached hydrogen (secondary N) is 3. The average molecular weight is 788 g/mol. The second kappa shape index (κ2) is 22.4. The highest BCUT2D eigenvalue weighted by atomic mass is 16.5. The minimum atomic E-state index is -0.0980. The molecule has 15 nitrogen and oxygen atoms in total. The number of hydrogen-bond donors (Lipinski definition) is 5. The van der Waals surface area contributed by atoms with Gasteiger partial charge in [-0.1, -0.05) is 36.4 Å². The number of para-hydroxylation sites is 6. The molecule has 0 aliphatic carbocycles. The van der Waals surface area contributed by atoms with E-state index in [1.54, 1.807) is 13.1 Å². The van der Waals surface area contributed by atoms with Crippen molar-refractivity contribution in [1.29, 1.82) is 10.5 Å². The van der Waals surface area contributed by atoms with Crippen LogP contribution in [0.2, 0.25) is 0 Å². The summed E-state index contributed by atoms with van der Waals surface area (Å²) >= 11 is 0. The number of aliphatic hydroxyl groups is 1. The smallest absolute Gasteiger partial charge is 0.168 e. The number of nitrogens with zero attached hydrogens (tertiary/aromatic N) is 9. The second-order valence-corrected chi connectivity index (χ2v) is 14.5. The van der Waals surface area contributed by atoms with Gasteiger partial charge in [0.25, 0.3) is 0 Å². The first kappa shape index (κ1) is 46.0. The Bertz CT molecular complexity index is 2250. The first-order valence-electron chi connectivity index (χ1n) is 18.7. The number of aromatic nitrogens is 6. The molecule has 0 spiro atoms. The molecule has 0 radical (unpaired) electrons. The van der Waals surface area contributed by atoms with Gasteiger partial charge in [-0.25, -0.2) is 15.0 Å². The summed E-state index contributed by atoms with van der Waals surface area (Å²) in [6.07, 6.45) is 4.12. The molecule has 15 heteroatoms. The zero-order valence-corrected chi connectivity index (χ0v) is 35.2. The molecule has 0 saturated carbocycles. The van der Waals surface area contributed by atoms with Crippen molar-refractivity contribution in [3.8, 4) is 12.1 Å². The third-order valence-corrected chi connectivity index (χ3v) is 7.66. The van der Waals surface area contributed by atoms with E-state index >= 15 is 0 Å². The summed E-state index contributed by atoms with van der Waals surface area (Å²) in [6.45, 7) is 8.77. The number of hydrogen-bond acceptors (Lipinski definition) is 12. The number of aliphatic hydroxyl groups excluding tert-OH is 1. The molecule has 7 rings (SSSR count). The van der Waals surface area contributed by atoms with Crippen LogP contribution in [0.15, 0.2) is 90.1 Å². The molecule has 3 aromatic heterocycles. The number of H-pyrrole nitrogens is 3. The van der Waals surface area contributed by atoms with Crippen molar-refractivity contribution in [3.63, 3.8) is 0 Å². The Morgan fingerprint density at radius 2 is 1.33 bits per heavy atom. The molecular formula is C43H57N13O2. The highest BCUT2D eigenvalue weighted by Gasteiger charge is 2.22. The quantitative estimate of drug-likeness (QED) is 0.0916. The molecule has 306 valence electrons. The third-order valence-electron chi connectivity index (χ3n) is 7.66. The van der Waals surface area contributed by atoms with Crippen LogP contribution in [0.1, 0.15) is 45.2 Å². The molecule has 3 aromatic carbocycles. The number of allylic oxidation sites excluding steroid dienone is 1. The number of rotatable bonds is 7. The molecule has 0 fully saturated rings. The van der Waals surface area contributed by atoms with E-state index in [4.69, 9.17) is 26.1 Å². The molecular weight excluding hydrogens is 731 g/mol. The summed E-state index contributed by atoms with van der Waals surface area (Å²) in [5.41, 5.74) is 12.8.